The molecule has 0 fully saturated rings. The average molecular weight is 412 g/mol. The molecule has 0 heterocycles. The maximum Gasteiger partial charge on any atom is 0.241 e. The van der Waals surface area contributed by atoms with E-state index in [1.54, 1.807) is 30.0 Å². The molecule has 0 saturated heterocycles. The minimum atomic E-state index is -3.75. The molecular weight excluding hydrogens is 386 g/mol. The number of carbonyl (C=O) groups is 1. The van der Waals surface area contributed by atoms with Crippen LogP contribution in [0.15, 0.2) is 65.6 Å². The van der Waals surface area contributed by atoms with Gasteiger partial charge >= 0.3 is 0 Å². The van der Waals surface area contributed by atoms with Crippen molar-refractivity contribution in [3.63, 3.8) is 0 Å². The van der Waals surface area contributed by atoms with Crippen LogP contribution in [0.1, 0.15) is 12.5 Å². The van der Waals surface area contributed by atoms with E-state index in [9.17, 15) is 13.2 Å². The van der Waals surface area contributed by atoms with Crippen LogP contribution in [0.2, 0.25) is 0 Å². The fourth-order valence-electron chi connectivity index (χ4n) is 2.62. The van der Waals surface area contributed by atoms with Gasteiger partial charge in [-0.3, -0.25) is 4.79 Å². The summed E-state index contributed by atoms with van der Waals surface area (Å²) in [5.74, 6) is -0.286. The van der Waals surface area contributed by atoms with Crippen LogP contribution >= 0.6 is 12.4 Å². The molecular formula is C19H26ClN3O3S. The van der Waals surface area contributed by atoms with Gasteiger partial charge in [0.1, 0.15) is 0 Å². The minimum Gasteiger partial charge on any atom is -0.340 e. The van der Waals surface area contributed by atoms with Gasteiger partial charge in [0.05, 0.1) is 10.9 Å². The van der Waals surface area contributed by atoms with E-state index in [0.29, 0.717) is 26.1 Å². The number of hydrogen-bond donors (Lipinski definition) is 2. The van der Waals surface area contributed by atoms with E-state index < -0.39 is 16.1 Å². The molecule has 0 spiro atoms. The van der Waals surface area contributed by atoms with Crippen LogP contribution < -0.4 is 10.5 Å². The monoisotopic (exact) mass is 411 g/mol. The molecule has 6 nitrogen and oxygen atoms in total. The first-order valence-electron chi connectivity index (χ1n) is 8.54. The van der Waals surface area contributed by atoms with Gasteiger partial charge in [-0.1, -0.05) is 48.5 Å². The van der Waals surface area contributed by atoms with Crippen LogP contribution in [-0.2, 0) is 21.2 Å². The second-order valence-electron chi connectivity index (χ2n) is 6.01. The highest BCUT2D eigenvalue weighted by molar-refractivity contribution is 7.89. The van der Waals surface area contributed by atoms with Gasteiger partial charge in [-0.25, -0.2) is 8.42 Å². The summed E-state index contributed by atoms with van der Waals surface area (Å²) in [5, 5.41) is 0. The smallest absolute Gasteiger partial charge is 0.241 e. The Morgan fingerprint density at radius 2 is 1.59 bits per heavy atom. The molecule has 2 aromatic rings. The van der Waals surface area contributed by atoms with Crippen LogP contribution in [-0.4, -0.2) is 44.9 Å². The van der Waals surface area contributed by atoms with E-state index in [-0.39, 0.29) is 23.2 Å². The number of benzene rings is 2. The zero-order chi connectivity index (χ0) is 19.0. The van der Waals surface area contributed by atoms with Crippen molar-refractivity contribution in [2.75, 3.05) is 19.6 Å². The molecule has 0 aliphatic carbocycles. The fourth-order valence-corrected chi connectivity index (χ4v) is 3.84. The lowest BCUT2D eigenvalue weighted by Crippen LogP contribution is -2.48. The predicted octanol–water partition coefficient (Wildman–Crippen LogP) is 1.81. The third-order valence-electron chi connectivity index (χ3n) is 3.98. The summed E-state index contributed by atoms with van der Waals surface area (Å²) in [5.41, 5.74) is 6.73. The Morgan fingerprint density at radius 3 is 2.15 bits per heavy atom. The maximum absolute atomic E-state index is 12.7. The van der Waals surface area contributed by atoms with Gasteiger partial charge in [-0.2, -0.15) is 4.72 Å². The van der Waals surface area contributed by atoms with Crippen molar-refractivity contribution in [1.82, 2.24) is 9.62 Å². The highest BCUT2D eigenvalue weighted by Crippen LogP contribution is 2.09. The van der Waals surface area contributed by atoms with E-state index >= 15 is 0 Å². The van der Waals surface area contributed by atoms with Gasteiger partial charge in [0.25, 0.3) is 0 Å². The van der Waals surface area contributed by atoms with Crippen LogP contribution in [0, 0.1) is 0 Å². The number of hydrogen-bond acceptors (Lipinski definition) is 4. The first-order valence-corrected chi connectivity index (χ1v) is 10.0. The Labute approximate surface area is 167 Å². The third-order valence-corrected chi connectivity index (χ3v) is 5.54. The average Bonchev–Trinajstić information content (AvgIpc) is 2.65. The topological polar surface area (TPSA) is 92.5 Å². The molecule has 0 bridgehead atoms. The lowest BCUT2D eigenvalue weighted by atomic mass is 10.1. The molecule has 0 saturated carbocycles. The second kappa shape index (κ2) is 11.0. The number of rotatable bonds is 9. The van der Waals surface area contributed by atoms with Gasteiger partial charge in [0.15, 0.2) is 0 Å². The largest absolute Gasteiger partial charge is 0.340 e. The molecule has 0 aromatic heterocycles. The molecule has 1 amide bonds. The Hall–Kier alpha value is -1.93. The molecule has 0 aliphatic rings. The Kier molecular flexibility index (Phi) is 9.45. The Morgan fingerprint density at radius 1 is 1.04 bits per heavy atom. The summed E-state index contributed by atoms with van der Waals surface area (Å²) in [6, 6.07) is 16.9. The van der Waals surface area contributed by atoms with Gasteiger partial charge < -0.3 is 10.6 Å². The summed E-state index contributed by atoms with van der Waals surface area (Å²) >= 11 is 0. The van der Waals surface area contributed by atoms with E-state index in [1.807, 2.05) is 30.3 Å². The third kappa shape index (κ3) is 6.95. The number of nitrogens with two attached hydrogens (primary N) is 1. The first kappa shape index (κ1) is 23.1. The lowest BCUT2D eigenvalue weighted by Gasteiger charge is -2.26. The number of nitrogens with one attached hydrogen (secondary N) is 1. The van der Waals surface area contributed by atoms with Gasteiger partial charge in [-0.15, -0.1) is 12.4 Å². The number of halogens is 1. The summed E-state index contributed by atoms with van der Waals surface area (Å²) in [6.07, 6.45) is 0.685. The van der Waals surface area contributed by atoms with Gasteiger partial charge in [0, 0.05) is 19.6 Å². The quantitative estimate of drug-likeness (QED) is 0.658. The van der Waals surface area contributed by atoms with Crippen molar-refractivity contribution < 1.29 is 13.2 Å². The molecule has 1 unspecified atom stereocenters. The number of sulfonamides is 1. The van der Waals surface area contributed by atoms with Crippen LogP contribution in [0.25, 0.3) is 0 Å². The fraction of sp³-hybridized carbons (Fsp3) is 0.316. The van der Waals surface area contributed by atoms with Crippen LogP contribution in [0.5, 0.6) is 0 Å². The molecule has 27 heavy (non-hydrogen) atoms. The number of amides is 1. The van der Waals surface area contributed by atoms with Crippen molar-refractivity contribution in [3.05, 3.63) is 66.2 Å². The van der Waals surface area contributed by atoms with Gasteiger partial charge in [-0.05, 0) is 31.0 Å². The molecule has 0 radical (unpaired) electrons. The SMILES string of the molecule is CC(NS(=O)(=O)c1ccccc1)C(=O)N(CCN)CCc1ccccc1.Cl. The number of carbonyl (C=O) groups excluding carboxylic acids is 1. The molecule has 1 atom stereocenters. The summed E-state index contributed by atoms with van der Waals surface area (Å²) < 4.78 is 27.3. The minimum absolute atomic E-state index is 0. The van der Waals surface area contributed by atoms with E-state index in [0.717, 1.165) is 5.56 Å². The lowest BCUT2D eigenvalue weighted by molar-refractivity contribution is -0.132. The standard InChI is InChI=1S/C19H25N3O3S.ClH/c1-16(21-26(24,25)18-10-6-3-7-11-18)19(23)22(15-13-20)14-12-17-8-4-2-5-9-17;/h2-11,16,21H,12-15,20H2,1H3;1H. The van der Waals surface area contributed by atoms with Crippen molar-refractivity contribution in [3.8, 4) is 0 Å². The van der Waals surface area contributed by atoms with Crippen molar-refractivity contribution in [2.24, 2.45) is 5.73 Å². The van der Waals surface area contributed by atoms with E-state index in [2.05, 4.69) is 4.72 Å². The molecule has 8 heteroatoms. The molecule has 2 aromatic carbocycles. The van der Waals surface area contributed by atoms with Crippen molar-refractivity contribution in [2.45, 2.75) is 24.3 Å². The Bertz CT molecular complexity index is 801. The highest BCUT2D eigenvalue weighted by Gasteiger charge is 2.25. The van der Waals surface area contributed by atoms with Gasteiger partial charge in [0.2, 0.25) is 15.9 Å². The zero-order valence-electron chi connectivity index (χ0n) is 15.2. The molecule has 148 valence electrons. The molecule has 3 N–H and O–H groups in total. The normalized spacial score (nSPS) is 12.1. The maximum atomic E-state index is 12.7. The van der Waals surface area contributed by atoms with Crippen molar-refractivity contribution in [1.29, 1.82) is 0 Å². The van der Waals surface area contributed by atoms with Crippen LogP contribution in [0.3, 0.4) is 0 Å². The summed E-state index contributed by atoms with van der Waals surface area (Å²) in [7, 11) is -3.75. The van der Waals surface area contributed by atoms with Crippen molar-refractivity contribution >= 4 is 28.3 Å². The van der Waals surface area contributed by atoms with Crippen LogP contribution in [0.4, 0.5) is 0 Å². The highest BCUT2D eigenvalue weighted by atomic mass is 35.5. The molecule has 2 rings (SSSR count). The predicted molar refractivity (Wildman–Crippen MR) is 109 cm³/mol. The second-order valence-corrected chi connectivity index (χ2v) is 7.72. The Balaban J connectivity index is 0.00000364. The van der Waals surface area contributed by atoms with E-state index in [1.165, 1.54) is 12.1 Å². The summed E-state index contributed by atoms with van der Waals surface area (Å²) in [4.78, 5) is 14.4. The molecule has 0 aliphatic heterocycles. The number of nitrogens with zero attached hydrogens (tertiary/aromatic N) is 1. The summed E-state index contributed by atoms with van der Waals surface area (Å²) in [6.45, 7) is 2.73. The first-order chi connectivity index (χ1) is 12.4. The van der Waals surface area contributed by atoms with E-state index in [4.69, 9.17) is 5.73 Å². The zero-order valence-corrected chi connectivity index (χ0v) is 16.9.